The maximum Gasteiger partial charge on any atom is 0.339 e. The lowest BCUT2D eigenvalue weighted by atomic mass is 10.3. The summed E-state index contributed by atoms with van der Waals surface area (Å²) in [5.74, 6) is -0.363. The molecule has 0 aliphatic carbocycles. The molecule has 0 N–H and O–H groups in total. The van der Waals surface area contributed by atoms with Crippen LogP contribution in [-0.4, -0.2) is 30.8 Å². The number of hydrogen-bond donors (Lipinski definition) is 0. The monoisotopic (exact) mass is 195 g/mol. The van der Waals surface area contributed by atoms with Crippen molar-refractivity contribution in [1.29, 1.82) is 0 Å². The minimum atomic E-state index is -0.363. The van der Waals surface area contributed by atoms with Crippen LogP contribution < -0.4 is 0 Å². The Bertz CT molecular complexity index is 274. The Balaban J connectivity index is 2.29. The Morgan fingerprint density at radius 3 is 3.00 bits per heavy atom. The zero-order valence-corrected chi connectivity index (χ0v) is 8.10. The second-order valence-corrected chi connectivity index (χ2v) is 2.57. The van der Waals surface area contributed by atoms with Crippen molar-refractivity contribution in [3.8, 4) is 0 Å². The molecule has 4 nitrogen and oxygen atoms in total. The van der Waals surface area contributed by atoms with Gasteiger partial charge in [0.05, 0.1) is 12.2 Å². The van der Waals surface area contributed by atoms with Gasteiger partial charge >= 0.3 is 5.97 Å². The molecule has 1 heterocycles. The zero-order valence-electron chi connectivity index (χ0n) is 8.10. The Morgan fingerprint density at radius 2 is 2.36 bits per heavy atom. The molecule has 4 heteroatoms. The Kier molecular flexibility index (Phi) is 4.64. The molecule has 1 rings (SSSR count). The molecule has 1 aromatic rings. The molecule has 0 spiro atoms. The number of carbonyl (C=O) groups excluding carboxylic acids is 1. The molecule has 0 bridgehead atoms. The van der Waals surface area contributed by atoms with Crippen LogP contribution in [0.15, 0.2) is 24.5 Å². The van der Waals surface area contributed by atoms with Gasteiger partial charge in [-0.3, -0.25) is 4.98 Å². The quantitative estimate of drug-likeness (QED) is 0.524. The summed E-state index contributed by atoms with van der Waals surface area (Å²) in [5.41, 5.74) is 0.462. The molecule has 0 radical (unpaired) electrons. The van der Waals surface area contributed by atoms with E-state index < -0.39 is 0 Å². The number of pyridine rings is 1. The largest absolute Gasteiger partial charge is 0.460 e. The van der Waals surface area contributed by atoms with Gasteiger partial charge in [0.1, 0.15) is 6.61 Å². The van der Waals surface area contributed by atoms with E-state index in [1.165, 1.54) is 6.20 Å². The van der Waals surface area contributed by atoms with Crippen LogP contribution in [0.2, 0.25) is 0 Å². The van der Waals surface area contributed by atoms with Crippen molar-refractivity contribution in [3.05, 3.63) is 30.1 Å². The smallest absolute Gasteiger partial charge is 0.339 e. The topological polar surface area (TPSA) is 48.4 Å². The number of carbonyl (C=O) groups is 1. The number of ether oxygens (including phenoxy) is 2. The zero-order chi connectivity index (χ0) is 10.2. The van der Waals surface area contributed by atoms with Gasteiger partial charge in [-0.05, 0) is 19.1 Å². The molecule has 0 amide bonds. The predicted molar refractivity (Wildman–Crippen MR) is 51.0 cm³/mol. The molecule has 0 atom stereocenters. The van der Waals surface area contributed by atoms with Gasteiger partial charge in [-0.25, -0.2) is 4.79 Å². The third-order valence-corrected chi connectivity index (χ3v) is 1.56. The predicted octanol–water partition coefficient (Wildman–Crippen LogP) is 1.27. The van der Waals surface area contributed by atoms with Crippen molar-refractivity contribution in [2.45, 2.75) is 6.92 Å². The number of hydrogen-bond acceptors (Lipinski definition) is 4. The average molecular weight is 195 g/mol. The molecule has 0 fully saturated rings. The Labute approximate surface area is 82.9 Å². The summed E-state index contributed by atoms with van der Waals surface area (Å²) in [5, 5.41) is 0. The molecular formula is C10H13NO3. The van der Waals surface area contributed by atoms with Crippen LogP contribution in [-0.2, 0) is 9.47 Å². The third-order valence-electron chi connectivity index (χ3n) is 1.56. The maximum absolute atomic E-state index is 11.3. The van der Waals surface area contributed by atoms with Gasteiger partial charge in [-0.15, -0.1) is 0 Å². The normalized spacial score (nSPS) is 9.79. The highest BCUT2D eigenvalue weighted by Crippen LogP contribution is 1.98. The lowest BCUT2D eigenvalue weighted by Gasteiger charge is -2.03. The van der Waals surface area contributed by atoms with E-state index in [1.54, 1.807) is 18.3 Å². The lowest BCUT2D eigenvalue weighted by molar-refractivity contribution is 0.0335. The fourth-order valence-electron chi connectivity index (χ4n) is 0.904. The molecule has 14 heavy (non-hydrogen) atoms. The van der Waals surface area contributed by atoms with Crippen LogP contribution >= 0.6 is 0 Å². The highest BCUT2D eigenvalue weighted by atomic mass is 16.6. The van der Waals surface area contributed by atoms with Crippen LogP contribution in [0.25, 0.3) is 0 Å². The molecule has 0 aliphatic rings. The van der Waals surface area contributed by atoms with Gasteiger partial charge in [0, 0.05) is 19.0 Å². The molecular weight excluding hydrogens is 182 g/mol. The van der Waals surface area contributed by atoms with E-state index >= 15 is 0 Å². The Morgan fingerprint density at radius 1 is 1.50 bits per heavy atom. The van der Waals surface area contributed by atoms with Crippen molar-refractivity contribution < 1.29 is 14.3 Å². The minimum absolute atomic E-state index is 0.279. The van der Waals surface area contributed by atoms with Crippen LogP contribution in [0.1, 0.15) is 17.3 Å². The molecule has 0 unspecified atom stereocenters. The number of rotatable bonds is 5. The second-order valence-electron chi connectivity index (χ2n) is 2.57. The van der Waals surface area contributed by atoms with Crippen molar-refractivity contribution in [2.75, 3.05) is 19.8 Å². The lowest BCUT2D eigenvalue weighted by Crippen LogP contribution is -2.10. The van der Waals surface area contributed by atoms with Gasteiger partial charge in [-0.2, -0.15) is 0 Å². The van der Waals surface area contributed by atoms with E-state index in [-0.39, 0.29) is 12.6 Å². The second kappa shape index (κ2) is 6.10. The van der Waals surface area contributed by atoms with Crippen LogP contribution in [0, 0.1) is 0 Å². The first kappa shape index (κ1) is 10.7. The fourth-order valence-corrected chi connectivity index (χ4v) is 0.904. The van der Waals surface area contributed by atoms with Crippen LogP contribution in [0.4, 0.5) is 0 Å². The molecule has 0 aliphatic heterocycles. The van der Waals surface area contributed by atoms with Gasteiger partial charge in [0.2, 0.25) is 0 Å². The highest BCUT2D eigenvalue weighted by molar-refractivity contribution is 5.88. The molecule has 76 valence electrons. The van der Waals surface area contributed by atoms with Crippen molar-refractivity contribution in [3.63, 3.8) is 0 Å². The van der Waals surface area contributed by atoms with E-state index in [1.807, 2.05) is 6.92 Å². The number of nitrogens with zero attached hydrogens (tertiary/aromatic N) is 1. The number of esters is 1. The van der Waals surface area contributed by atoms with Crippen molar-refractivity contribution in [1.82, 2.24) is 4.98 Å². The van der Waals surface area contributed by atoms with Gasteiger partial charge < -0.3 is 9.47 Å². The highest BCUT2D eigenvalue weighted by Gasteiger charge is 2.05. The summed E-state index contributed by atoms with van der Waals surface area (Å²) < 4.78 is 9.95. The first-order chi connectivity index (χ1) is 6.84. The van der Waals surface area contributed by atoms with Gasteiger partial charge in [-0.1, -0.05) is 0 Å². The molecule has 0 aromatic carbocycles. The van der Waals surface area contributed by atoms with E-state index in [4.69, 9.17) is 9.47 Å². The SMILES string of the molecule is CCOCCOC(=O)c1cccnc1. The summed E-state index contributed by atoms with van der Waals surface area (Å²) in [6.45, 7) is 3.23. The summed E-state index contributed by atoms with van der Waals surface area (Å²) in [7, 11) is 0. The maximum atomic E-state index is 11.3. The fraction of sp³-hybridized carbons (Fsp3) is 0.400. The Hall–Kier alpha value is -1.42. The standard InChI is InChI=1S/C10H13NO3/c1-2-13-6-7-14-10(12)9-4-3-5-11-8-9/h3-5,8H,2,6-7H2,1H3. The summed E-state index contributed by atoms with van der Waals surface area (Å²) in [4.78, 5) is 15.1. The summed E-state index contributed by atoms with van der Waals surface area (Å²) >= 11 is 0. The molecule has 0 saturated heterocycles. The van der Waals surface area contributed by atoms with E-state index in [2.05, 4.69) is 4.98 Å². The third kappa shape index (κ3) is 3.53. The van der Waals surface area contributed by atoms with Gasteiger partial charge in [0.25, 0.3) is 0 Å². The first-order valence-electron chi connectivity index (χ1n) is 4.49. The van der Waals surface area contributed by atoms with Crippen LogP contribution in [0.3, 0.4) is 0 Å². The molecule has 0 saturated carbocycles. The van der Waals surface area contributed by atoms with E-state index in [9.17, 15) is 4.79 Å². The summed E-state index contributed by atoms with van der Waals surface area (Å²) in [6, 6.07) is 3.36. The van der Waals surface area contributed by atoms with Crippen molar-refractivity contribution >= 4 is 5.97 Å². The first-order valence-corrected chi connectivity index (χ1v) is 4.49. The van der Waals surface area contributed by atoms with E-state index in [0.29, 0.717) is 18.8 Å². The molecule has 1 aromatic heterocycles. The minimum Gasteiger partial charge on any atom is -0.460 e. The van der Waals surface area contributed by atoms with Crippen molar-refractivity contribution in [2.24, 2.45) is 0 Å². The summed E-state index contributed by atoms with van der Waals surface area (Å²) in [6.07, 6.45) is 3.08. The average Bonchev–Trinajstić information content (AvgIpc) is 2.25. The number of aromatic nitrogens is 1. The van der Waals surface area contributed by atoms with Gasteiger partial charge in [0.15, 0.2) is 0 Å². The van der Waals surface area contributed by atoms with Crippen LogP contribution in [0.5, 0.6) is 0 Å². The van der Waals surface area contributed by atoms with E-state index in [0.717, 1.165) is 0 Å².